The van der Waals surface area contributed by atoms with Crippen molar-refractivity contribution in [3.8, 4) is 0 Å². The molecule has 0 aliphatic heterocycles. The molecule has 1 aromatic rings. The van der Waals surface area contributed by atoms with Gasteiger partial charge in [-0.2, -0.15) is 0 Å². The molecule has 0 saturated carbocycles. The van der Waals surface area contributed by atoms with Gasteiger partial charge in [0.2, 0.25) is 5.91 Å². The Balaban J connectivity index is 2.48. The van der Waals surface area contributed by atoms with Crippen LogP contribution in [0, 0.1) is 5.82 Å². The Kier molecular flexibility index (Phi) is 6.14. The Bertz CT molecular complexity index is 602. The lowest BCUT2D eigenvalue weighted by atomic mass is 10.2. The Morgan fingerprint density at radius 1 is 1.43 bits per heavy atom. The SMILES string of the molecule is CCC(C)S(=O)(=O)CCCC(=O)Nc1ccc(F)cc1N. The van der Waals surface area contributed by atoms with Gasteiger partial charge in [0.05, 0.1) is 22.4 Å². The molecule has 5 nitrogen and oxygen atoms in total. The number of amides is 1. The molecule has 0 spiro atoms. The van der Waals surface area contributed by atoms with Gasteiger partial charge in [0.1, 0.15) is 5.82 Å². The average Bonchev–Trinajstić information content (AvgIpc) is 2.40. The van der Waals surface area contributed by atoms with Gasteiger partial charge in [0, 0.05) is 6.42 Å². The van der Waals surface area contributed by atoms with Crippen LogP contribution in [0.25, 0.3) is 0 Å². The fraction of sp³-hybridized carbons (Fsp3) is 0.500. The van der Waals surface area contributed by atoms with Crippen LogP contribution in [0.15, 0.2) is 18.2 Å². The number of rotatable bonds is 7. The van der Waals surface area contributed by atoms with Crippen molar-refractivity contribution in [1.29, 1.82) is 0 Å². The molecule has 0 aliphatic carbocycles. The summed E-state index contributed by atoms with van der Waals surface area (Å²) in [5, 5.41) is 2.15. The zero-order valence-corrected chi connectivity index (χ0v) is 13.0. The summed E-state index contributed by atoms with van der Waals surface area (Å²) in [6, 6.07) is 3.68. The number of carbonyl (C=O) groups is 1. The van der Waals surface area contributed by atoms with Crippen LogP contribution in [0.5, 0.6) is 0 Å². The van der Waals surface area contributed by atoms with E-state index in [4.69, 9.17) is 5.73 Å². The van der Waals surface area contributed by atoms with E-state index in [1.54, 1.807) is 6.92 Å². The predicted molar refractivity (Wildman–Crippen MR) is 82.2 cm³/mol. The van der Waals surface area contributed by atoms with Gasteiger partial charge in [0.15, 0.2) is 9.84 Å². The van der Waals surface area contributed by atoms with E-state index >= 15 is 0 Å². The summed E-state index contributed by atoms with van der Waals surface area (Å²) in [5.74, 6) is -0.841. The number of hydrogen-bond acceptors (Lipinski definition) is 4. The number of benzene rings is 1. The zero-order valence-electron chi connectivity index (χ0n) is 12.2. The highest BCUT2D eigenvalue weighted by Crippen LogP contribution is 2.19. The number of hydrogen-bond donors (Lipinski definition) is 2. The van der Waals surface area contributed by atoms with Crippen molar-refractivity contribution >= 4 is 27.1 Å². The fourth-order valence-electron chi connectivity index (χ4n) is 1.75. The minimum Gasteiger partial charge on any atom is -0.397 e. The first kappa shape index (κ1) is 17.4. The van der Waals surface area contributed by atoms with E-state index < -0.39 is 20.9 Å². The van der Waals surface area contributed by atoms with Crippen molar-refractivity contribution in [3.63, 3.8) is 0 Å². The lowest BCUT2D eigenvalue weighted by molar-refractivity contribution is -0.116. The highest BCUT2D eigenvalue weighted by atomic mass is 32.2. The smallest absolute Gasteiger partial charge is 0.224 e. The third-order valence-electron chi connectivity index (χ3n) is 3.31. The average molecular weight is 316 g/mol. The summed E-state index contributed by atoms with van der Waals surface area (Å²) in [4.78, 5) is 11.7. The molecule has 0 bridgehead atoms. The summed E-state index contributed by atoms with van der Waals surface area (Å²) in [7, 11) is -3.15. The first-order chi connectivity index (χ1) is 9.76. The van der Waals surface area contributed by atoms with Crippen molar-refractivity contribution in [3.05, 3.63) is 24.0 Å². The Hall–Kier alpha value is -1.63. The maximum Gasteiger partial charge on any atom is 0.224 e. The van der Waals surface area contributed by atoms with Crippen LogP contribution in [0.3, 0.4) is 0 Å². The van der Waals surface area contributed by atoms with Gasteiger partial charge in [0.25, 0.3) is 0 Å². The Labute approximate surface area is 124 Å². The molecule has 1 atom stereocenters. The fourth-order valence-corrected chi connectivity index (χ4v) is 3.21. The van der Waals surface area contributed by atoms with Crippen LogP contribution in [0.1, 0.15) is 33.1 Å². The minimum atomic E-state index is -3.15. The summed E-state index contributed by atoms with van der Waals surface area (Å²) in [6.45, 7) is 3.47. The van der Waals surface area contributed by atoms with Crippen LogP contribution in [-0.2, 0) is 14.6 Å². The summed E-state index contributed by atoms with van der Waals surface area (Å²) < 4.78 is 36.5. The van der Waals surface area contributed by atoms with Gasteiger partial charge in [-0.25, -0.2) is 12.8 Å². The Morgan fingerprint density at radius 3 is 2.67 bits per heavy atom. The van der Waals surface area contributed by atoms with Gasteiger partial charge in [-0.05, 0) is 38.0 Å². The Morgan fingerprint density at radius 2 is 2.10 bits per heavy atom. The van der Waals surface area contributed by atoms with Crippen LogP contribution in [0.2, 0.25) is 0 Å². The lowest BCUT2D eigenvalue weighted by Gasteiger charge is -2.11. The van der Waals surface area contributed by atoms with E-state index in [0.717, 1.165) is 6.07 Å². The molecule has 0 saturated heterocycles. The normalized spacial score (nSPS) is 12.9. The topological polar surface area (TPSA) is 89.3 Å². The van der Waals surface area contributed by atoms with Gasteiger partial charge >= 0.3 is 0 Å². The van der Waals surface area contributed by atoms with Crippen LogP contribution < -0.4 is 11.1 Å². The highest BCUT2D eigenvalue weighted by molar-refractivity contribution is 7.91. The number of halogens is 1. The molecule has 1 aromatic carbocycles. The molecule has 1 amide bonds. The van der Waals surface area contributed by atoms with Crippen LogP contribution in [0.4, 0.5) is 15.8 Å². The van der Waals surface area contributed by atoms with E-state index in [2.05, 4.69) is 5.32 Å². The molecule has 21 heavy (non-hydrogen) atoms. The molecule has 0 heterocycles. The first-order valence-electron chi connectivity index (χ1n) is 6.82. The molecule has 0 fully saturated rings. The number of nitrogens with two attached hydrogens (primary N) is 1. The summed E-state index contributed by atoms with van der Waals surface area (Å²) in [5.41, 5.74) is 6.03. The molecule has 0 aliphatic rings. The standard InChI is InChI=1S/C14H21FN2O3S/c1-3-10(2)21(19,20)8-4-5-14(18)17-13-7-6-11(15)9-12(13)16/h6-7,9-10H,3-5,8,16H2,1-2H3,(H,17,18). The van der Waals surface area contributed by atoms with Gasteiger partial charge < -0.3 is 11.1 Å². The van der Waals surface area contributed by atoms with E-state index in [1.807, 2.05) is 6.92 Å². The second kappa shape index (κ2) is 7.40. The van der Waals surface area contributed by atoms with Crippen molar-refractivity contribution in [1.82, 2.24) is 0 Å². The number of nitrogens with one attached hydrogen (secondary N) is 1. The predicted octanol–water partition coefficient (Wildman–Crippen LogP) is 2.34. The molecular formula is C14H21FN2O3S. The monoisotopic (exact) mass is 316 g/mol. The van der Waals surface area contributed by atoms with E-state index in [-0.39, 0.29) is 30.2 Å². The van der Waals surface area contributed by atoms with Crippen molar-refractivity contribution < 1.29 is 17.6 Å². The summed E-state index contributed by atoms with van der Waals surface area (Å²) in [6.07, 6.45) is 0.882. The first-order valence-corrected chi connectivity index (χ1v) is 8.54. The molecule has 0 radical (unpaired) electrons. The molecule has 118 valence electrons. The number of anilines is 2. The van der Waals surface area contributed by atoms with Gasteiger partial charge in [-0.3, -0.25) is 4.79 Å². The van der Waals surface area contributed by atoms with Crippen molar-refractivity contribution in [2.75, 3.05) is 16.8 Å². The van der Waals surface area contributed by atoms with E-state index in [0.29, 0.717) is 12.1 Å². The zero-order chi connectivity index (χ0) is 16.0. The van der Waals surface area contributed by atoms with Crippen LogP contribution >= 0.6 is 0 Å². The van der Waals surface area contributed by atoms with Gasteiger partial charge in [-0.1, -0.05) is 6.92 Å². The number of nitrogen functional groups attached to an aromatic ring is 1. The molecular weight excluding hydrogens is 295 g/mol. The quantitative estimate of drug-likeness (QED) is 0.756. The van der Waals surface area contributed by atoms with Crippen LogP contribution in [-0.4, -0.2) is 25.3 Å². The molecule has 7 heteroatoms. The highest BCUT2D eigenvalue weighted by Gasteiger charge is 2.19. The maximum atomic E-state index is 12.9. The third kappa shape index (κ3) is 5.34. The molecule has 0 aromatic heterocycles. The van der Waals surface area contributed by atoms with Crippen molar-refractivity contribution in [2.45, 2.75) is 38.4 Å². The van der Waals surface area contributed by atoms with Crippen molar-refractivity contribution in [2.24, 2.45) is 0 Å². The van der Waals surface area contributed by atoms with E-state index in [1.165, 1.54) is 12.1 Å². The van der Waals surface area contributed by atoms with E-state index in [9.17, 15) is 17.6 Å². The second-order valence-corrected chi connectivity index (χ2v) is 7.51. The second-order valence-electron chi connectivity index (χ2n) is 4.97. The number of carbonyl (C=O) groups excluding carboxylic acids is 1. The molecule has 3 N–H and O–H groups in total. The lowest BCUT2D eigenvalue weighted by Crippen LogP contribution is -2.21. The largest absolute Gasteiger partial charge is 0.397 e. The maximum absolute atomic E-state index is 12.9. The summed E-state index contributed by atoms with van der Waals surface area (Å²) >= 11 is 0. The van der Waals surface area contributed by atoms with Gasteiger partial charge in [-0.15, -0.1) is 0 Å². The minimum absolute atomic E-state index is 0.0195. The number of sulfone groups is 1. The third-order valence-corrected chi connectivity index (χ3v) is 5.73. The molecule has 1 rings (SSSR count). The molecule has 1 unspecified atom stereocenters.